The normalized spacial score (nSPS) is 11.2. The van der Waals surface area contributed by atoms with E-state index in [9.17, 15) is 10.1 Å². The van der Waals surface area contributed by atoms with Crippen LogP contribution < -0.4 is 10.1 Å². The lowest BCUT2D eigenvalue weighted by Gasteiger charge is -2.12. The fraction of sp³-hybridized carbons (Fsp3) is 0.231. The van der Waals surface area contributed by atoms with Gasteiger partial charge >= 0.3 is 0 Å². The van der Waals surface area contributed by atoms with Crippen LogP contribution >= 0.6 is 0 Å². The van der Waals surface area contributed by atoms with Gasteiger partial charge in [0.05, 0.1) is 7.11 Å². The van der Waals surface area contributed by atoms with Crippen molar-refractivity contribution < 1.29 is 9.53 Å². The minimum atomic E-state index is -0.394. The summed E-state index contributed by atoms with van der Waals surface area (Å²) in [5, 5.41) is 12.4. The Hall–Kier alpha value is -3.78. The predicted octanol–water partition coefficient (Wildman–Crippen LogP) is 4.94. The average molecular weight is 414 g/mol. The van der Waals surface area contributed by atoms with Gasteiger partial charge in [0.25, 0.3) is 5.91 Å². The molecule has 0 bridgehead atoms. The summed E-state index contributed by atoms with van der Waals surface area (Å²) in [5.41, 5.74) is 7.42. The standard InChI is InChI=1S/C26H27N3O2/c1-17-6-9-24(12-18(17)2)29-19(3)13-22(20(29)4)14-23(15-27)26(30)28-16-21-7-10-25(31-5)11-8-21/h6-14H,16H2,1-5H3,(H,28,30)/b23-14-. The minimum absolute atomic E-state index is 0.0776. The van der Waals surface area contributed by atoms with E-state index < -0.39 is 5.91 Å². The number of hydrogen-bond donors (Lipinski definition) is 1. The van der Waals surface area contributed by atoms with Crippen LogP contribution in [0.5, 0.6) is 5.75 Å². The number of hydrogen-bond acceptors (Lipinski definition) is 3. The molecule has 0 spiro atoms. The van der Waals surface area contributed by atoms with Gasteiger partial charge in [0, 0.05) is 23.6 Å². The van der Waals surface area contributed by atoms with Gasteiger partial charge in [-0.3, -0.25) is 4.79 Å². The Morgan fingerprint density at radius 2 is 1.77 bits per heavy atom. The molecule has 31 heavy (non-hydrogen) atoms. The van der Waals surface area contributed by atoms with Crippen molar-refractivity contribution >= 4 is 12.0 Å². The molecule has 0 aliphatic carbocycles. The van der Waals surface area contributed by atoms with Gasteiger partial charge in [0.2, 0.25) is 0 Å². The molecule has 1 N–H and O–H groups in total. The highest BCUT2D eigenvalue weighted by Crippen LogP contribution is 2.24. The maximum absolute atomic E-state index is 12.6. The Morgan fingerprint density at radius 1 is 1.06 bits per heavy atom. The van der Waals surface area contributed by atoms with E-state index in [2.05, 4.69) is 41.9 Å². The maximum Gasteiger partial charge on any atom is 0.262 e. The number of nitriles is 1. The van der Waals surface area contributed by atoms with Gasteiger partial charge in [-0.05, 0) is 86.4 Å². The highest BCUT2D eigenvalue weighted by Gasteiger charge is 2.14. The lowest BCUT2D eigenvalue weighted by Crippen LogP contribution is -2.23. The molecule has 0 radical (unpaired) electrons. The summed E-state index contributed by atoms with van der Waals surface area (Å²) in [6.45, 7) is 8.54. The Kier molecular flexibility index (Phi) is 6.61. The molecular weight excluding hydrogens is 386 g/mol. The second-order valence-corrected chi connectivity index (χ2v) is 7.63. The molecule has 2 aromatic carbocycles. The molecule has 158 valence electrons. The first-order valence-corrected chi connectivity index (χ1v) is 10.1. The highest BCUT2D eigenvalue weighted by atomic mass is 16.5. The van der Waals surface area contributed by atoms with E-state index in [0.29, 0.717) is 6.54 Å². The zero-order valence-electron chi connectivity index (χ0n) is 18.6. The van der Waals surface area contributed by atoms with Crippen molar-refractivity contribution in [2.75, 3.05) is 7.11 Å². The Morgan fingerprint density at radius 3 is 2.39 bits per heavy atom. The second-order valence-electron chi connectivity index (χ2n) is 7.63. The molecule has 0 fully saturated rings. The van der Waals surface area contributed by atoms with Crippen molar-refractivity contribution in [3.63, 3.8) is 0 Å². The number of carbonyl (C=O) groups excluding carboxylic acids is 1. The van der Waals surface area contributed by atoms with Gasteiger partial charge in [0.15, 0.2) is 0 Å². The van der Waals surface area contributed by atoms with Crippen molar-refractivity contribution in [1.29, 1.82) is 5.26 Å². The molecule has 1 heterocycles. The number of ether oxygens (including phenoxy) is 1. The number of aromatic nitrogens is 1. The third-order valence-corrected chi connectivity index (χ3v) is 5.50. The number of nitrogens with one attached hydrogen (secondary N) is 1. The van der Waals surface area contributed by atoms with Gasteiger partial charge in [0.1, 0.15) is 17.4 Å². The van der Waals surface area contributed by atoms with Crippen LogP contribution in [0.3, 0.4) is 0 Å². The van der Waals surface area contributed by atoms with E-state index in [1.807, 2.05) is 50.2 Å². The van der Waals surface area contributed by atoms with Crippen LogP contribution in [0.2, 0.25) is 0 Å². The monoisotopic (exact) mass is 413 g/mol. The van der Waals surface area contributed by atoms with Crippen molar-refractivity contribution in [2.45, 2.75) is 34.2 Å². The molecule has 0 atom stereocenters. The SMILES string of the molecule is COc1ccc(CNC(=O)/C(C#N)=C\c2cc(C)n(-c3ccc(C)c(C)c3)c2C)cc1. The minimum Gasteiger partial charge on any atom is -0.497 e. The smallest absolute Gasteiger partial charge is 0.262 e. The summed E-state index contributed by atoms with van der Waals surface area (Å²) in [5.74, 6) is 0.362. The lowest BCUT2D eigenvalue weighted by atomic mass is 10.1. The van der Waals surface area contributed by atoms with E-state index in [1.165, 1.54) is 11.1 Å². The van der Waals surface area contributed by atoms with E-state index in [0.717, 1.165) is 34.0 Å². The van der Waals surface area contributed by atoms with Crippen LogP contribution in [-0.2, 0) is 11.3 Å². The molecule has 0 aliphatic heterocycles. The zero-order chi connectivity index (χ0) is 22.5. The quantitative estimate of drug-likeness (QED) is 0.460. The number of rotatable bonds is 6. The average Bonchev–Trinajstić information content (AvgIpc) is 3.05. The van der Waals surface area contributed by atoms with E-state index >= 15 is 0 Å². The largest absolute Gasteiger partial charge is 0.497 e. The van der Waals surface area contributed by atoms with Crippen molar-refractivity contribution in [3.8, 4) is 17.5 Å². The van der Waals surface area contributed by atoms with E-state index in [4.69, 9.17) is 4.74 Å². The Bertz CT molecular complexity index is 1180. The van der Waals surface area contributed by atoms with Crippen LogP contribution in [0.25, 0.3) is 11.8 Å². The molecule has 1 aromatic heterocycles. The summed E-state index contributed by atoms with van der Waals surface area (Å²) >= 11 is 0. The summed E-state index contributed by atoms with van der Waals surface area (Å²) in [6.07, 6.45) is 1.66. The fourth-order valence-electron chi connectivity index (χ4n) is 3.52. The van der Waals surface area contributed by atoms with Crippen LogP contribution in [0, 0.1) is 39.0 Å². The summed E-state index contributed by atoms with van der Waals surface area (Å²) < 4.78 is 7.28. The Balaban J connectivity index is 1.82. The molecule has 3 aromatic rings. The van der Waals surface area contributed by atoms with Crippen LogP contribution in [0.4, 0.5) is 0 Å². The van der Waals surface area contributed by atoms with Gasteiger partial charge in [-0.25, -0.2) is 0 Å². The van der Waals surface area contributed by atoms with Crippen LogP contribution in [0.1, 0.15) is 33.6 Å². The first-order chi connectivity index (χ1) is 14.8. The second kappa shape index (κ2) is 9.36. The number of aryl methyl sites for hydroxylation is 3. The Labute approximate surface area is 183 Å². The maximum atomic E-state index is 12.6. The van der Waals surface area contributed by atoms with Gasteiger partial charge < -0.3 is 14.6 Å². The number of benzene rings is 2. The molecule has 0 saturated heterocycles. The third-order valence-electron chi connectivity index (χ3n) is 5.50. The van der Waals surface area contributed by atoms with Crippen LogP contribution in [-0.4, -0.2) is 17.6 Å². The van der Waals surface area contributed by atoms with Gasteiger partial charge in [-0.1, -0.05) is 18.2 Å². The van der Waals surface area contributed by atoms with Crippen LogP contribution in [0.15, 0.2) is 54.1 Å². The molecule has 5 nitrogen and oxygen atoms in total. The molecular formula is C26H27N3O2. The van der Waals surface area contributed by atoms with Crippen molar-refractivity contribution in [2.24, 2.45) is 0 Å². The molecule has 5 heteroatoms. The first kappa shape index (κ1) is 21.9. The summed E-state index contributed by atoms with van der Waals surface area (Å²) in [6, 6.07) is 17.8. The topological polar surface area (TPSA) is 67.0 Å². The van der Waals surface area contributed by atoms with E-state index in [1.54, 1.807) is 13.2 Å². The number of methoxy groups -OCH3 is 1. The third kappa shape index (κ3) is 4.87. The number of nitrogens with zero attached hydrogens (tertiary/aromatic N) is 2. The highest BCUT2D eigenvalue weighted by molar-refractivity contribution is 6.01. The van der Waals surface area contributed by atoms with Crippen molar-refractivity contribution in [3.05, 3.63) is 87.7 Å². The zero-order valence-corrected chi connectivity index (χ0v) is 18.6. The number of carbonyl (C=O) groups is 1. The van der Waals surface area contributed by atoms with Gasteiger partial charge in [-0.15, -0.1) is 0 Å². The summed E-state index contributed by atoms with van der Waals surface area (Å²) in [7, 11) is 1.61. The number of amides is 1. The molecule has 3 rings (SSSR count). The molecule has 0 saturated carbocycles. The lowest BCUT2D eigenvalue weighted by molar-refractivity contribution is -0.117. The summed E-state index contributed by atoms with van der Waals surface area (Å²) in [4.78, 5) is 12.6. The first-order valence-electron chi connectivity index (χ1n) is 10.1. The van der Waals surface area contributed by atoms with E-state index in [-0.39, 0.29) is 5.57 Å². The predicted molar refractivity (Wildman–Crippen MR) is 123 cm³/mol. The fourth-order valence-corrected chi connectivity index (χ4v) is 3.52. The molecule has 0 unspecified atom stereocenters. The van der Waals surface area contributed by atoms with Crippen molar-refractivity contribution in [1.82, 2.24) is 9.88 Å². The molecule has 1 amide bonds. The molecule has 0 aliphatic rings. The van der Waals surface area contributed by atoms with Gasteiger partial charge in [-0.2, -0.15) is 5.26 Å².